The van der Waals surface area contributed by atoms with Gasteiger partial charge >= 0.3 is 0 Å². The summed E-state index contributed by atoms with van der Waals surface area (Å²) in [6, 6.07) is 0.199. The van der Waals surface area contributed by atoms with Crippen molar-refractivity contribution in [2.45, 2.75) is 52.2 Å². The van der Waals surface area contributed by atoms with Crippen LogP contribution in [0.3, 0.4) is 0 Å². The molecule has 1 unspecified atom stereocenters. The lowest BCUT2D eigenvalue weighted by atomic mass is 9.93. The van der Waals surface area contributed by atoms with E-state index in [4.69, 9.17) is 16.3 Å². The molecule has 1 atom stereocenters. The van der Waals surface area contributed by atoms with Gasteiger partial charge in [0.15, 0.2) is 0 Å². The lowest BCUT2D eigenvalue weighted by Crippen LogP contribution is -2.50. The van der Waals surface area contributed by atoms with Crippen molar-refractivity contribution in [2.24, 2.45) is 7.05 Å². The minimum atomic E-state index is -0.253. The third kappa shape index (κ3) is 3.94. The van der Waals surface area contributed by atoms with Crippen LogP contribution in [-0.4, -0.2) is 35.1 Å². The number of ether oxygens (including phenoxy) is 1. The van der Waals surface area contributed by atoms with Crippen LogP contribution in [0.2, 0.25) is 5.02 Å². The van der Waals surface area contributed by atoms with E-state index in [1.165, 1.54) is 0 Å². The maximum Gasteiger partial charge on any atom is 0.0847 e. The Labute approximate surface area is 121 Å². The van der Waals surface area contributed by atoms with Crippen LogP contribution < -0.4 is 5.32 Å². The first kappa shape index (κ1) is 16.5. The van der Waals surface area contributed by atoms with Gasteiger partial charge in [0.1, 0.15) is 0 Å². The van der Waals surface area contributed by atoms with Crippen molar-refractivity contribution < 1.29 is 4.74 Å². The average molecular weight is 288 g/mol. The van der Waals surface area contributed by atoms with Crippen LogP contribution in [0.1, 0.15) is 38.6 Å². The monoisotopic (exact) mass is 287 g/mol. The molecule has 110 valence electrons. The lowest BCUT2D eigenvalue weighted by molar-refractivity contribution is -0.0104. The summed E-state index contributed by atoms with van der Waals surface area (Å²) >= 11 is 6.33. The Morgan fingerprint density at radius 1 is 1.47 bits per heavy atom. The molecule has 1 aromatic heterocycles. The highest BCUT2D eigenvalue weighted by atomic mass is 35.5. The molecule has 0 aliphatic rings. The summed E-state index contributed by atoms with van der Waals surface area (Å²) < 4.78 is 7.49. The standard InChI is InChI=1S/C14H26ClN3O/c1-7-8-16-12(14(3,4)19-6)9-11-13(15)10(2)17-18(11)5/h12,16H,7-9H2,1-6H3. The predicted molar refractivity (Wildman–Crippen MR) is 79.8 cm³/mol. The molecule has 0 amide bonds. The molecule has 0 spiro atoms. The van der Waals surface area contributed by atoms with E-state index in [9.17, 15) is 0 Å². The maximum atomic E-state index is 6.33. The number of nitrogens with zero attached hydrogens (tertiary/aromatic N) is 2. The zero-order chi connectivity index (χ0) is 14.6. The fourth-order valence-corrected chi connectivity index (χ4v) is 2.36. The molecule has 0 bridgehead atoms. The molecule has 4 nitrogen and oxygen atoms in total. The van der Waals surface area contributed by atoms with Crippen LogP contribution in [-0.2, 0) is 18.2 Å². The van der Waals surface area contributed by atoms with E-state index in [0.717, 1.165) is 35.8 Å². The van der Waals surface area contributed by atoms with Crippen LogP contribution in [0.25, 0.3) is 0 Å². The quantitative estimate of drug-likeness (QED) is 0.838. The third-order valence-corrected chi connectivity index (χ3v) is 4.16. The number of hydrogen-bond acceptors (Lipinski definition) is 3. The summed E-state index contributed by atoms with van der Waals surface area (Å²) in [5, 5.41) is 8.68. The third-order valence-electron chi connectivity index (χ3n) is 3.67. The first-order valence-electron chi connectivity index (χ1n) is 6.80. The molecule has 5 heteroatoms. The summed E-state index contributed by atoms with van der Waals surface area (Å²) in [4.78, 5) is 0. The molecule has 1 rings (SSSR count). The summed E-state index contributed by atoms with van der Waals surface area (Å²) in [5.74, 6) is 0. The highest BCUT2D eigenvalue weighted by Crippen LogP contribution is 2.24. The Morgan fingerprint density at radius 3 is 2.53 bits per heavy atom. The summed E-state index contributed by atoms with van der Waals surface area (Å²) in [6.07, 6.45) is 1.89. The minimum Gasteiger partial charge on any atom is -0.377 e. The van der Waals surface area contributed by atoms with Gasteiger partial charge in [0.25, 0.3) is 0 Å². The van der Waals surface area contributed by atoms with Gasteiger partial charge in [0.2, 0.25) is 0 Å². The van der Waals surface area contributed by atoms with Crippen molar-refractivity contribution in [2.75, 3.05) is 13.7 Å². The van der Waals surface area contributed by atoms with E-state index in [1.807, 2.05) is 18.7 Å². The van der Waals surface area contributed by atoms with Crippen molar-refractivity contribution in [3.05, 3.63) is 16.4 Å². The summed E-state index contributed by atoms with van der Waals surface area (Å²) in [6.45, 7) is 9.24. The van der Waals surface area contributed by atoms with Gasteiger partial charge in [-0.15, -0.1) is 0 Å². The second-order valence-corrected chi connectivity index (χ2v) is 5.87. The number of halogens is 1. The minimum absolute atomic E-state index is 0.199. The number of methoxy groups -OCH3 is 1. The molecule has 0 aliphatic carbocycles. The summed E-state index contributed by atoms with van der Waals surface area (Å²) in [7, 11) is 3.68. The topological polar surface area (TPSA) is 39.1 Å². The molecule has 1 aromatic rings. The van der Waals surface area contributed by atoms with Crippen LogP contribution in [0.4, 0.5) is 0 Å². The van der Waals surface area contributed by atoms with Crippen molar-refractivity contribution in [3.63, 3.8) is 0 Å². The summed E-state index contributed by atoms with van der Waals surface area (Å²) in [5.41, 5.74) is 1.68. The molecule has 0 saturated carbocycles. The molecule has 1 heterocycles. The molecule has 0 saturated heterocycles. The smallest absolute Gasteiger partial charge is 0.0847 e. The fourth-order valence-electron chi connectivity index (χ4n) is 2.12. The molecular formula is C14H26ClN3O. The van der Waals surface area contributed by atoms with E-state index in [-0.39, 0.29) is 11.6 Å². The number of aromatic nitrogens is 2. The van der Waals surface area contributed by atoms with Gasteiger partial charge in [-0.3, -0.25) is 4.68 Å². The highest BCUT2D eigenvalue weighted by Gasteiger charge is 2.30. The van der Waals surface area contributed by atoms with E-state index >= 15 is 0 Å². The molecule has 0 radical (unpaired) electrons. The zero-order valence-electron chi connectivity index (χ0n) is 12.9. The van der Waals surface area contributed by atoms with Gasteiger partial charge in [-0.2, -0.15) is 5.10 Å². The van der Waals surface area contributed by atoms with Crippen molar-refractivity contribution in [1.82, 2.24) is 15.1 Å². The molecule has 19 heavy (non-hydrogen) atoms. The van der Waals surface area contributed by atoms with Crippen molar-refractivity contribution >= 4 is 11.6 Å². The predicted octanol–water partition coefficient (Wildman–Crippen LogP) is 2.72. The van der Waals surface area contributed by atoms with Gasteiger partial charge in [-0.1, -0.05) is 18.5 Å². The van der Waals surface area contributed by atoms with E-state index in [0.29, 0.717) is 0 Å². The lowest BCUT2D eigenvalue weighted by Gasteiger charge is -2.34. The van der Waals surface area contributed by atoms with E-state index in [1.54, 1.807) is 7.11 Å². The average Bonchev–Trinajstić information content (AvgIpc) is 2.60. The van der Waals surface area contributed by atoms with E-state index < -0.39 is 0 Å². The Kier molecular flexibility index (Phi) is 5.83. The van der Waals surface area contributed by atoms with Crippen LogP contribution in [0, 0.1) is 6.92 Å². The SMILES string of the molecule is CCCNC(Cc1c(Cl)c(C)nn1C)C(C)(C)OC. The molecule has 1 N–H and O–H groups in total. The number of rotatable bonds is 7. The van der Waals surface area contributed by atoms with Crippen LogP contribution >= 0.6 is 11.6 Å². The Bertz CT molecular complexity index is 415. The van der Waals surface area contributed by atoms with Gasteiger partial charge in [-0.05, 0) is 33.7 Å². The van der Waals surface area contributed by atoms with Gasteiger partial charge in [0.05, 0.1) is 22.0 Å². The van der Waals surface area contributed by atoms with E-state index in [2.05, 4.69) is 31.2 Å². The van der Waals surface area contributed by atoms with Gasteiger partial charge in [-0.25, -0.2) is 0 Å². The molecular weight excluding hydrogens is 262 g/mol. The molecule has 0 aliphatic heterocycles. The number of aryl methyl sites for hydroxylation is 2. The van der Waals surface area contributed by atoms with Gasteiger partial charge in [0, 0.05) is 26.6 Å². The zero-order valence-corrected chi connectivity index (χ0v) is 13.6. The first-order valence-corrected chi connectivity index (χ1v) is 7.17. The fraction of sp³-hybridized carbons (Fsp3) is 0.786. The first-order chi connectivity index (χ1) is 8.83. The second kappa shape index (κ2) is 6.73. The van der Waals surface area contributed by atoms with Crippen LogP contribution in [0.5, 0.6) is 0 Å². The largest absolute Gasteiger partial charge is 0.377 e. The number of hydrogen-bond donors (Lipinski definition) is 1. The Balaban J connectivity index is 2.94. The normalized spacial score (nSPS) is 13.8. The maximum absolute atomic E-state index is 6.33. The molecule has 0 aromatic carbocycles. The second-order valence-electron chi connectivity index (χ2n) is 5.49. The van der Waals surface area contributed by atoms with Crippen molar-refractivity contribution in [1.29, 1.82) is 0 Å². The number of nitrogens with one attached hydrogen (secondary N) is 1. The molecule has 0 fully saturated rings. The Hall–Kier alpha value is -0.580. The highest BCUT2D eigenvalue weighted by molar-refractivity contribution is 6.31. The Morgan fingerprint density at radius 2 is 2.11 bits per heavy atom. The van der Waals surface area contributed by atoms with Crippen molar-refractivity contribution in [3.8, 4) is 0 Å². The van der Waals surface area contributed by atoms with Crippen LogP contribution in [0.15, 0.2) is 0 Å². The van der Waals surface area contributed by atoms with Gasteiger partial charge < -0.3 is 10.1 Å².